The number of unbranched alkanes of at least 4 members (excludes halogenated alkanes) is 1. The summed E-state index contributed by atoms with van der Waals surface area (Å²) in [7, 11) is -3.62. The first-order valence-electron chi connectivity index (χ1n) is 6.75. The third-order valence-electron chi connectivity index (χ3n) is 2.69. The van der Waals surface area contributed by atoms with Gasteiger partial charge >= 0.3 is 16.2 Å². The molecule has 0 aliphatic rings. The lowest BCUT2D eigenvalue weighted by Crippen LogP contribution is -2.28. The van der Waals surface area contributed by atoms with Crippen molar-refractivity contribution < 1.29 is 22.1 Å². The molecule has 0 aromatic heterocycles. The minimum Gasteiger partial charge on any atom is -0.450 e. The van der Waals surface area contributed by atoms with Crippen LogP contribution in [0.1, 0.15) is 38.3 Å². The molecule has 1 atom stereocenters. The van der Waals surface area contributed by atoms with Crippen LogP contribution < -0.4 is 9.50 Å². The highest BCUT2D eigenvalue weighted by molar-refractivity contribution is 7.86. The molecule has 0 saturated carbocycles. The molecule has 21 heavy (non-hydrogen) atoms. The van der Waals surface area contributed by atoms with Gasteiger partial charge in [0.25, 0.3) is 0 Å². The molecule has 0 aliphatic carbocycles. The average Bonchev–Trinajstić information content (AvgIpc) is 2.37. The zero-order valence-electron chi connectivity index (χ0n) is 12.5. The molecule has 118 valence electrons. The van der Waals surface area contributed by atoms with Crippen LogP contribution in [0.5, 0.6) is 5.75 Å². The van der Waals surface area contributed by atoms with E-state index >= 15 is 0 Å². The van der Waals surface area contributed by atoms with Gasteiger partial charge in [0, 0.05) is 5.56 Å². The highest BCUT2D eigenvalue weighted by Gasteiger charge is 2.17. The number of hydrogen-bond acceptors (Lipinski definition) is 5. The maximum atomic E-state index is 11.6. The Hall–Kier alpha value is -1.76. The van der Waals surface area contributed by atoms with Crippen LogP contribution in [0.15, 0.2) is 24.3 Å². The summed E-state index contributed by atoms with van der Waals surface area (Å²) in [4.78, 5) is 11.6. The summed E-state index contributed by atoms with van der Waals surface area (Å²) in [5.74, 6) is 0.196. The van der Waals surface area contributed by atoms with Gasteiger partial charge in [0.1, 0.15) is 5.75 Å². The Bertz CT molecular complexity index is 570. The minimum atomic E-state index is -3.62. The van der Waals surface area contributed by atoms with Gasteiger partial charge in [0.2, 0.25) is 0 Å². The normalized spacial score (nSPS) is 12.5. The predicted octanol–water partition coefficient (Wildman–Crippen LogP) is 2.61. The van der Waals surface area contributed by atoms with Gasteiger partial charge in [0.05, 0.1) is 18.9 Å². The van der Waals surface area contributed by atoms with Crippen molar-refractivity contribution in [2.24, 2.45) is 0 Å². The fraction of sp³-hybridized carbons (Fsp3) is 0.500. The third kappa shape index (κ3) is 6.48. The van der Waals surface area contributed by atoms with E-state index in [1.165, 1.54) is 6.07 Å². The first-order chi connectivity index (χ1) is 9.83. The second kappa shape index (κ2) is 7.87. The average molecular weight is 315 g/mol. The molecule has 0 saturated heterocycles. The van der Waals surface area contributed by atoms with Gasteiger partial charge < -0.3 is 14.2 Å². The van der Waals surface area contributed by atoms with Crippen LogP contribution in [0.4, 0.5) is 4.79 Å². The molecule has 0 radical (unpaired) electrons. The molecule has 0 spiro atoms. The topological polar surface area (TPSA) is 81.7 Å². The summed E-state index contributed by atoms with van der Waals surface area (Å²) in [5, 5.41) is 2.65. The SMILES string of the molecule is CCCCOC(=O)NC(C)c1ccccc1OS(C)(=O)=O. The summed E-state index contributed by atoms with van der Waals surface area (Å²) < 4.78 is 32.4. The van der Waals surface area contributed by atoms with Gasteiger partial charge in [-0.25, -0.2) is 4.79 Å². The van der Waals surface area contributed by atoms with Gasteiger partial charge in [-0.1, -0.05) is 31.5 Å². The summed E-state index contributed by atoms with van der Waals surface area (Å²) in [6.07, 6.45) is 2.18. The van der Waals surface area contributed by atoms with Crippen LogP contribution in [0, 0.1) is 0 Å². The molecule has 0 fully saturated rings. The lowest BCUT2D eigenvalue weighted by molar-refractivity contribution is 0.141. The Balaban J connectivity index is 2.73. The van der Waals surface area contributed by atoms with E-state index < -0.39 is 22.3 Å². The Morgan fingerprint density at radius 2 is 2.00 bits per heavy atom. The third-order valence-corrected chi connectivity index (χ3v) is 3.17. The number of ether oxygens (including phenoxy) is 1. The zero-order valence-corrected chi connectivity index (χ0v) is 13.3. The summed E-state index contributed by atoms with van der Waals surface area (Å²) >= 11 is 0. The minimum absolute atomic E-state index is 0.196. The van der Waals surface area contributed by atoms with E-state index in [2.05, 4.69) is 5.32 Å². The van der Waals surface area contributed by atoms with E-state index in [1.54, 1.807) is 25.1 Å². The smallest absolute Gasteiger partial charge is 0.407 e. The highest BCUT2D eigenvalue weighted by atomic mass is 32.2. The van der Waals surface area contributed by atoms with Gasteiger partial charge in [-0.3, -0.25) is 0 Å². The number of carbonyl (C=O) groups excluding carboxylic acids is 1. The standard InChI is InChI=1S/C14H21NO5S/c1-4-5-10-19-14(16)15-11(2)12-8-6-7-9-13(12)20-21(3,17)18/h6-9,11H,4-5,10H2,1-3H3,(H,15,16). The molecular formula is C14H21NO5S. The number of nitrogens with one attached hydrogen (secondary N) is 1. The number of amides is 1. The Morgan fingerprint density at radius 1 is 1.33 bits per heavy atom. The number of benzene rings is 1. The summed E-state index contributed by atoms with van der Waals surface area (Å²) in [6.45, 7) is 4.09. The van der Waals surface area contributed by atoms with E-state index in [4.69, 9.17) is 8.92 Å². The van der Waals surface area contributed by atoms with E-state index in [0.29, 0.717) is 12.2 Å². The van der Waals surface area contributed by atoms with Crippen LogP contribution >= 0.6 is 0 Å². The zero-order chi connectivity index (χ0) is 15.9. The first-order valence-corrected chi connectivity index (χ1v) is 8.56. The molecule has 0 aliphatic heterocycles. The first kappa shape index (κ1) is 17.3. The summed E-state index contributed by atoms with van der Waals surface area (Å²) in [5.41, 5.74) is 0.565. The van der Waals surface area contributed by atoms with Crippen molar-refractivity contribution in [1.82, 2.24) is 5.32 Å². The highest BCUT2D eigenvalue weighted by Crippen LogP contribution is 2.25. The van der Waals surface area contributed by atoms with Crippen molar-refractivity contribution in [3.8, 4) is 5.75 Å². The van der Waals surface area contributed by atoms with Crippen LogP contribution in [-0.4, -0.2) is 27.4 Å². The fourth-order valence-corrected chi connectivity index (χ4v) is 2.16. The van der Waals surface area contributed by atoms with Crippen molar-refractivity contribution >= 4 is 16.2 Å². The molecule has 0 bridgehead atoms. The predicted molar refractivity (Wildman–Crippen MR) is 79.7 cm³/mol. The Kier molecular flexibility index (Phi) is 6.48. The van der Waals surface area contributed by atoms with Crippen molar-refractivity contribution in [3.05, 3.63) is 29.8 Å². The number of hydrogen-bond donors (Lipinski definition) is 1. The van der Waals surface area contributed by atoms with Crippen molar-refractivity contribution in [2.45, 2.75) is 32.7 Å². The van der Waals surface area contributed by atoms with Crippen molar-refractivity contribution in [3.63, 3.8) is 0 Å². The Labute approximate surface area is 125 Å². The monoisotopic (exact) mass is 315 g/mol. The number of para-hydroxylation sites is 1. The van der Waals surface area contributed by atoms with Crippen LogP contribution in [0.3, 0.4) is 0 Å². The largest absolute Gasteiger partial charge is 0.450 e. The van der Waals surface area contributed by atoms with Gasteiger partial charge in [0.15, 0.2) is 0 Å². The molecule has 1 amide bonds. The van der Waals surface area contributed by atoms with E-state index in [-0.39, 0.29) is 5.75 Å². The molecule has 0 heterocycles. The fourth-order valence-electron chi connectivity index (χ4n) is 1.68. The van der Waals surface area contributed by atoms with E-state index in [0.717, 1.165) is 19.1 Å². The summed E-state index contributed by atoms with van der Waals surface area (Å²) in [6, 6.07) is 6.20. The second-order valence-corrected chi connectivity index (χ2v) is 6.26. The molecule has 1 N–H and O–H groups in total. The number of alkyl carbamates (subject to hydrolysis) is 1. The second-order valence-electron chi connectivity index (χ2n) is 4.68. The quantitative estimate of drug-likeness (QED) is 0.618. The maximum Gasteiger partial charge on any atom is 0.407 e. The van der Waals surface area contributed by atoms with Crippen LogP contribution in [0.25, 0.3) is 0 Å². The van der Waals surface area contributed by atoms with Crippen molar-refractivity contribution in [1.29, 1.82) is 0 Å². The van der Waals surface area contributed by atoms with Gasteiger partial charge in [-0.15, -0.1) is 0 Å². The number of rotatable bonds is 7. The van der Waals surface area contributed by atoms with Gasteiger partial charge in [-0.2, -0.15) is 8.42 Å². The van der Waals surface area contributed by atoms with Crippen molar-refractivity contribution in [2.75, 3.05) is 12.9 Å². The molecule has 6 nitrogen and oxygen atoms in total. The van der Waals surface area contributed by atoms with Crippen LogP contribution in [0.2, 0.25) is 0 Å². The molecule has 1 aromatic carbocycles. The lowest BCUT2D eigenvalue weighted by Gasteiger charge is -2.17. The lowest BCUT2D eigenvalue weighted by atomic mass is 10.1. The van der Waals surface area contributed by atoms with Crippen LogP contribution in [-0.2, 0) is 14.9 Å². The van der Waals surface area contributed by atoms with Gasteiger partial charge in [-0.05, 0) is 19.4 Å². The van der Waals surface area contributed by atoms with E-state index in [1.807, 2.05) is 6.92 Å². The number of carbonyl (C=O) groups is 1. The Morgan fingerprint density at radius 3 is 2.62 bits per heavy atom. The molecule has 1 unspecified atom stereocenters. The maximum absolute atomic E-state index is 11.6. The molecular weight excluding hydrogens is 294 g/mol. The molecule has 1 aromatic rings. The van der Waals surface area contributed by atoms with E-state index in [9.17, 15) is 13.2 Å². The molecule has 1 rings (SSSR count). The molecule has 7 heteroatoms.